The lowest BCUT2D eigenvalue weighted by atomic mass is 10.0. The van der Waals surface area contributed by atoms with E-state index in [9.17, 15) is 5.11 Å². The monoisotopic (exact) mass is 277 g/mol. The Bertz CT molecular complexity index is 336. The van der Waals surface area contributed by atoms with Gasteiger partial charge in [0.1, 0.15) is 19.0 Å². The first-order valence-corrected chi connectivity index (χ1v) is 8.17. The summed E-state index contributed by atoms with van der Waals surface area (Å²) < 4.78 is 5.50. The lowest BCUT2D eigenvalue weighted by molar-refractivity contribution is 0.137. The summed E-state index contributed by atoms with van der Waals surface area (Å²) in [5.41, 5.74) is 1.24. The van der Waals surface area contributed by atoms with Crippen molar-refractivity contribution in [1.82, 2.24) is 0 Å². The Morgan fingerprint density at radius 2 is 1.55 bits per heavy atom. The number of rotatable bonds is 12. The van der Waals surface area contributed by atoms with Gasteiger partial charge in [-0.15, -0.1) is 0 Å². The molecule has 1 aromatic rings. The molecule has 2 nitrogen and oxygen atoms in total. The molecule has 0 aliphatic rings. The van der Waals surface area contributed by atoms with Gasteiger partial charge in [0.25, 0.3) is 0 Å². The molecule has 1 rings (SSSR count). The van der Waals surface area contributed by atoms with Gasteiger partial charge in [0.2, 0.25) is 0 Å². The van der Waals surface area contributed by atoms with Crippen molar-refractivity contribution in [2.45, 2.75) is 64.7 Å². The van der Waals surface area contributed by atoms with Gasteiger partial charge >= 0.3 is 0 Å². The minimum absolute atomic E-state index is 0.175. The van der Waals surface area contributed by atoms with Crippen LogP contribution in [0.5, 0.6) is 5.75 Å². The van der Waals surface area contributed by atoms with Crippen LogP contribution in [0.1, 0.15) is 63.9 Å². The van der Waals surface area contributed by atoms with Gasteiger partial charge in [-0.1, -0.05) is 70.1 Å². The largest absolute Gasteiger partial charge is 0.491 e. The first-order chi connectivity index (χ1) is 9.88. The number of benzene rings is 1. The zero-order valence-corrected chi connectivity index (χ0v) is 12.9. The van der Waals surface area contributed by atoms with E-state index in [0.29, 0.717) is 0 Å². The molecular formula is C18H29O2. The molecule has 2 heteroatoms. The second kappa shape index (κ2) is 11.8. The molecule has 0 aromatic heterocycles. The second-order valence-corrected chi connectivity index (χ2v) is 5.39. The van der Waals surface area contributed by atoms with E-state index in [-0.39, 0.29) is 13.2 Å². The van der Waals surface area contributed by atoms with Gasteiger partial charge in [-0.05, 0) is 24.5 Å². The quantitative estimate of drug-likeness (QED) is 0.484. The molecule has 0 fully saturated rings. The number of hydrogen-bond donors (Lipinski definition) is 0. The molecule has 0 aliphatic carbocycles. The first-order valence-electron chi connectivity index (χ1n) is 8.17. The third kappa shape index (κ3) is 7.54. The van der Waals surface area contributed by atoms with Gasteiger partial charge in [0.05, 0.1) is 0 Å². The summed E-state index contributed by atoms with van der Waals surface area (Å²) in [4.78, 5) is 0. The van der Waals surface area contributed by atoms with Gasteiger partial charge in [0, 0.05) is 0 Å². The van der Waals surface area contributed by atoms with Crippen LogP contribution in [-0.4, -0.2) is 13.2 Å². The Morgan fingerprint density at radius 1 is 0.900 bits per heavy atom. The van der Waals surface area contributed by atoms with Gasteiger partial charge in [-0.25, -0.2) is 5.11 Å². The van der Waals surface area contributed by atoms with Gasteiger partial charge in [-0.3, -0.25) is 0 Å². The van der Waals surface area contributed by atoms with Gasteiger partial charge in [0.15, 0.2) is 0 Å². The summed E-state index contributed by atoms with van der Waals surface area (Å²) in [5, 5.41) is 10.5. The first kappa shape index (κ1) is 17.0. The van der Waals surface area contributed by atoms with Crippen LogP contribution in [0, 0.1) is 0 Å². The molecule has 0 saturated heterocycles. The van der Waals surface area contributed by atoms with Crippen LogP contribution in [0.2, 0.25) is 0 Å². The van der Waals surface area contributed by atoms with E-state index in [4.69, 9.17) is 4.74 Å². The maximum Gasteiger partial charge on any atom is 0.122 e. The summed E-state index contributed by atoms with van der Waals surface area (Å²) in [6.45, 7) is 2.35. The van der Waals surface area contributed by atoms with Crippen LogP contribution in [0.4, 0.5) is 0 Å². The van der Waals surface area contributed by atoms with Crippen molar-refractivity contribution < 1.29 is 9.84 Å². The van der Waals surface area contributed by atoms with Crippen LogP contribution >= 0.6 is 0 Å². The molecule has 1 aromatic carbocycles. The average Bonchev–Trinajstić information content (AvgIpc) is 2.49. The standard InChI is InChI=1S/C18H29O2/c1-2-3-4-5-6-7-8-9-12-17-13-10-11-14-18(17)20-16-15-19/h10-11,13-14H,2-9,12,15-16H2,1H3. The topological polar surface area (TPSA) is 29.1 Å². The molecule has 0 atom stereocenters. The number of unbranched alkanes of at least 4 members (excludes halogenated alkanes) is 7. The van der Waals surface area contributed by atoms with Crippen LogP contribution in [-0.2, 0) is 11.5 Å². The molecule has 0 unspecified atom stereocenters. The third-order valence-electron chi connectivity index (χ3n) is 3.61. The van der Waals surface area contributed by atoms with Crippen molar-refractivity contribution in [3.63, 3.8) is 0 Å². The Hall–Kier alpha value is -1.02. The van der Waals surface area contributed by atoms with Crippen molar-refractivity contribution in [2.75, 3.05) is 13.2 Å². The molecule has 0 heterocycles. The maximum atomic E-state index is 10.5. The molecule has 0 saturated carbocycles. The van der Waals surface area contributed by atoms with Crippen LogP contribution in [0.25, 0.3) is 0 Å². The minimum atomic E-state index is -0.175. The van der Waals surface area contributed by atoms with E-state index < -0.39 is 0 Å². The van der Waals surface area contributed by atoms with E-state index in [1.165, 1.54) is 56.9 Å². The fourth-order valence-electron chi connectivity index (χ4n) is 2.45. The Morgan fingerprint density at radius 3 is 2.25 bits per heavy atom. The molecule has 113 valence electrons. The SMILES string of the molecule is CCCCCCCCCCc1ccccc1OCC[O]. The van der Waals surface area contributed by atoms with Crippen LogP contribution in [0.3, 0.4) is 0 Å². The predicted octanol–water partition coefficient (Wildman–Crippen LogP) is 5.18. The molecule has 0 spiro atoms. The Balaban J connectivity index is 2.15. The van der Waals surface area contributed by atoms with Crippen molar-refractivity contribution >= 4 is 0 Å². The lowest BCUT2D eigenvalue weighted by Crippen LogP contribution is -2.03. The fourth-order valence-corrected chi connectivity index (χ4v) is 2.45. The minimum Gasteiger partial charge on any atom is -0.491 e. The van der Waals surface area contributed by atoms with Gasteiger partial charge < -0.3 is 4.74 Å². The average molecular weight is 277 g/mol. The summed E-state index contributed by atoms with van der Waals surface area (Å²) in [6, 6.07) is 8.10. The third-order valence-corrected chi connectivity index (χ3v) is 3.61. The second-order valence-electron chi connectivity index (χ2n) is 5.39. The molecule has 20 heavy (non-hydrogen) atoms. The fraction of sp³-hybridized carbons (Fsp3) is 0.667. The lowest BCUT2D eigenvalue weighted by Gasteiger charge is -2.10. The van der Waals surface area contributed by atoms with Crippen LogP contribution in [0.15, 0.2) is 24.3 Å². The smallest absolute Gasteiger partial charge is 0.122 e. The predicted molar refractivity (Wildman–Crippen MR) is 83.8 cm³/mol. The zero-order valence-electron chi connectivity index (χ0n) is 12.9. The van der Waals surface area contributed by atoms with Crippen molar-refractivity contribution in [2.24, 2.45) is 0 Å². The summed E-state index contributed by atoms with van der Waals surface area (Å²) >= 11 is 0. The summed E-state index contributed by atoms with van der Waals surface area (Å²) in [5.74, 6) is 0.895. The highest BCUT2D eigenvalue weighted by Gasteiger charge is 2.02. The normalized spacial score (nSPS) is 10.7. The van der Waals surface area contributed by atoms with E-state index in [2.05, 4.69) is 13.0 Å². The summed E-state index contributed by atoms with van der Waals surface area (Å²) in [6.07, 6.45) is 11.8. The summed E-state index contributed by atoms with van der Waals surface area (Å²) in [7, 11) is 0. The van der Waals surface area contributed by atoms with Crippen LogP contribution < -0.4 is 4.74 Å². The molecule has 0 amide bonds. The van der Waals surface area contributed by atoms with E-state index in [1.807, 2.05) is 18.2 Å². The number of para-hydroxylation sites is 1. The number of hydrogen-bond acceptors (Lipinski definition) is 1. The highest BCUT2D eigenvalue weighted by atomic mass is 16.5. The maximum absolute atomic E-state index is 10.5. The zero-order chi connectivity index (χ0) is 14.5. The number of aryl methyl sites for hydroxylation is 1. The van der Waals surface area contributed by atoms with Crippen molar-refractivity contribution in [1.29, 1.82) is 0 Å². The molecule has 0 bridgehead atoms. The Kier molecular flexibility index (Phi) is 10.0. The van der Waals surface area contributed by atoms with Crippen molar-refractivity contribution in [3.8, 4) is 5.75 Å². The van der Waals surface area contributed by atoms with Gasteiger partial charge in [-0.2, -0.15) is 0 Å². The highest BCUT2D eigenvalue weighted by Crippen LogP contribution is 2.20. The molecule has 0 N–H and O–H groups in total. The van der Waals surface area contributed by atoms with E-state index in [0.717, 1.165) is 12.2 Å². The van der Waals surface area contributed by atoms with E-state index >= 15 is 0 Å². The van der Waals surface area contributed by atoms with Crippen molar-refractivity contribution in [3.05, 3.63) is 29.8 Å². The molecule has 0 aliphatic heterocycles. The van der Waals surface area contributed by atoms with E-state index in [1.54, 1.807) is 0 Å². The Labute approximate surface area is 124 Å². The number of ether oxygens (including phenoxy) is 1. The molecular weight excluding hydrogens is 248 g/mol. The molecule has 1 radical (unpaired) electrons. The highest BCUT2D eigenvalue weighted by molar-refractivity contribution is 5.33.